The van der Waals surface area contributed by atoms with Crippen molar-refractivity contribution in [1.29, 1.82) is 0 Å². The van der Waals surface area contributed by atoms with E-state index in [1.165, 1.54) is 13.2 Å². The standard InChI is InChI=1S/C19H22N6O5S/c1-11-4-6-20-25(11)19-23-22-18(31-19)21-16(26)14-8-13(15(29-3)17(27)30-14)24-7-5-12(9-24)10-28-2/h4,6,8,12H,5,7,9-10H2,1-3H3,(H,21,22,26)/t12-/m0/s1. The highest BCUT2D eigenvalue weighted by Crippen LogP contribution is 2.31. The number of nitrogens with one attached hydrogen (secondary N) is 1. The molecule has 11 nitrogen and oxygen atoms in total. The highest BCUT2D eigenvalue weighted by Gasteiger charge is 2.28. The molecule has 0 spiro atoms. The van der Waals surface area contributed by atoms with Crippen LogP contribution in [0.25, 0.3) is 5.13 Å². The minimum Gasteiger partial charge on any atom is -0.488 e. The van der Waals surface area contributed by atoms with Gasteiger partial charge in [0.15, 0.2) is 5.76 Å². The minimum atomic E-state index is -0.717. The van der Waals surface area contributed by atoms with E-state index in [0.717, 1.165) is 30.0 Å². The average molecular weight is 446 g/mol. The van der Waals surface area contributed by atoms with Crippen LogP contribution in [0.15, 0.2) is 27.5 Å². The van der Waals surface area contributed by atoms with Gasteiger partial charge >= 0.3 is 5.63 Å². The Morgan fingerprint density at radius 3 is 2.94 bits per heavy atom. The Hall–Kier alpha value is -3.25. The highest BCUT2D eigenvalue weighted by atomic mass is 32.1. The fourth-order valence-electron chi connectivity index (χ4n) is 3.51. The van der Waals surface area contributed by atoms with Gasteiger partial charge in [-0.05, 0) is 19.4 Å². The molecule has 0 bridgehead atoms. The Bertz CT molecular complexity index is 1140. The number of anilines is 2. The fourth-order valence-corrected chi connectivity index (χ4v) is 4.27. The van der Waals surface area contributed by atoms with Crippen LogP contribution in [-0.2, 0) is 4.74 Å². The molecule has 3 aromatic rings. The Labute approximate surface area is 181 Å². The summed E-state index contributed by atoms with van der Waals surface area (Å²) in [5.74, 6) is -0.330. The molecule has 0 aliphatic carbocycles. The molecule has 0 unspecified atom stereocenters. The van der Waals surface area contributed by atoms with Gasteiger partial charge in [-0.2, -0.15) is 5.10 Å². The van der Waals surface area contributed by atoms with Crippen LogP contribution < -0.4 is 20.6 Å². The molecule has 1 saturated heterocycles. The van der Waals surface area contributed by atoms with Crippen molar-refractivity contribution in [3.63, 3.8) is 0 Å². The van der Waals surface area contributed by atoms with E-state index in [1.54, 1.807) is 18.0 Å². The molecule has 0 radical (unpaired) electrons. The van der Waals surface area contributed by atoms with Gasteiger partial charge < -0.3 is 18.8 Å². The summed E-state index contributed by atoms with van der Waals surface area (Å²) in [5, 5.41) is 15.6. The summed E-state index contributed by atoms with van der Waals surface area (Å²) in [6.07, 6.45) is 2.57. The van der Waals surface area contributed by atoms with E-state index in [1.807, 2.05) is 17.9 Å². The zero-order valence-corrected chi connectivity index (χ0v) is 18.1. The fraction of sp³-hybridized carbons (Fsp3) is 0.421. The van der Waals surface area contributed by atoms with Gasteiger partial charge in [0, 0.05) is 44.1 Å². The first-order chi connectivity index (χ1) is 15.0. The van der Waals surface area contributed by atoms with Crippen molar-refractivity contribution in [2.24, 2.45) is 5.92 Å². The van der Waals surface area contributed by atoms with Crippen molar-refractivity contribution in [3.05, 3.63) is 40.2 Å². The lowest BCUT2D eigenvalue weighted by atomic mass is 10.1. The van der Waals surface area contributed by atoms with E-state index in [0.29, 0.717) is 29.9 Å². The lowest BCUT2D eigenvalue weighted by molar-refractivity contribution is 0.0991. The predicted octanol–water partition coefficient (Wildman–Crippen LogP) is 1.72. The number of aromatic nitrogens is 4. The Morgan fingerprint density at radius 2 is 2.23 bits per heavy atom. The second-order valence-electron chi connectivity index (χ2n) is 7.10. The second-order valence-corrected chi connectivity index (χ2v) is 8.06. The summed E-state index contributed by atoms with van der Waals surface area (Å²) in [6, 6.07) is 3.35. The molecule has 31 heavy (non-hydrogen) atoms. The minimum absolute atomic E-state index is 0.0713. The van der Waals surface area contributed by atoms with Gasteiger partial charge in [0.05, 0.1) is 19.4 Å². The number of rotatable bonds is 7. The topological polar surface area (TPSA) is 125 Å². The third kappa shape index (κ3) is 4.30. The lowest BCUT2D eigenvalue weighted by Gasteiger charge is -2.20. The number of amides is 1. The molecule has 0 aromatic carbocycles. The maximum atomic E-state index is 12.8. The van der Waals surface area contributed by atoms with Gasteiger partial charge in [-0.1, -0.05) is 11.3 Å². The van der Waals surface area contributed by atoms with Crippen molar-refractivity contribution in [1.82, 2.24) is 20.0 Å². The smallest absolute Gasteiger partial charge is 0.381 e. The monoisotopic (exact) mass is 446 g/mol. The van der Waals surface area contributed by atoms with Gasteiger partial charge in [0.2, 0.25) is 16.0 Å². The van der Waals surface area contributed by atoms with Gasteiger partial charge in [-0.3, -0.25) is 10.1 Å². The first-order valence-corrected chi connectivity index (χ1v) is 10.4. The molecule has 1 atom stereocenters. The summed E-state index contributed by atoms with van der Waals surface area (Å²) in [5.41, 5.74) is 0.690. The molecule has 4 heterocycles. The zero-order chi connectivity index (χ0) is 22.0. The average Bonchev–Trinajstić information content (AvgIpc) is 3.49. The first kappa shape index (κ1) is 21.0. The second kappa shape index (κ2) is 8.86. The number of nitrogens with zero attached hydrogens (tertiary/aromatic N) is 5. The van der Waals surface area contributed by atoms with Crippen LogP contribution in [0.1, 0.15) is 22.7 Å². The van der Waals surface area contributed by atoms with Crippen molar-refractivity contribution in [3.8, 4) is 10.9 Å². The van der Waals surface area contributed by atoms with Gasteiger partial charge in [0.1, 0.15) is 0 Å². The summed E-state index contributed by atoms with van der Waals surface area (Å²) in [6.45, 7) is 3.92. The van der Waals surface area contributed by atoms with Crippen LogP contribution in [0.2, 0.25) is 0 Å². The number of hydrogen-bond donors (Lipinski definition) is 1. The Morgan fingerprint density at radius 1 is 1.39 bits per heavy atom. The SMILES string of the molecule is COC[C@H]1CCN(c2cc(C(=O)Nc3nnc(-n4nccc4C)s3)oc(=O)c2OC)C1. The third-order valence-electron chi connectivity index (χ3n) is 4.99. The summed E-state index contributed by atoms with van der Waals surface area (Å²) in [7, 11) is 3.06. The first-order valence-electron chi connectivity index (χ1n) is 9.62. The molecule has 4 rings (SSSR count). The van der Waals surface area contributed by atoms with Gasteiger partial charge in [0.25, 0.3) is 5.91 Å². The zero-order valence-electron chi connectivity index (χ0n) is 17.3. The van der Waals surface area contributed by atoms with Crippen LogP contribution in [-0.4, -0.2) is 59.8 Å². The van der Waals surface area contributed by atoms with Crippen molar-refractivity contribution in [2.45, 2.75) is 13.3 Å². The van der Waals surface area contributed by atoms with Crippen LogP contribution in [0.3, 0.4) is 0 Å². The predicted molar refractivity (Wildman–Crippen MR) is 113 cm³/mol. The number of hydrogen-bond acceptors (Lipinski definition) is 10. The Balaban J connectivity index is 1.56. The van der Waals surface area contributed by atoms with E-state index in [2.05, 4.69) is 20.6 Å². The van der Waals surface area contributed by atoms with Crippen LogP contribution in [0.4, 0.5) is 10.8 Å². The number of carbonyl (C=O) groups is 1. The quantitative estimate of drug-likeness (QED) is 0.577. The number of aryl methyl sites for hydroxylation is 1. The highest BCUT2D eigenvalue weighted by molar-refractivity contribution is 7.17. The van der Waals surface area contributed by atoms with Crippen molar-refractivity contribution in [2.75, 3.05) is 44.1 Å². The summed E-state index contributed by atoms with van der Waals surface area (Å²) < 4.78 is 17.3. The Kier molecular flexibility index (Phi) is 6.00. The van der Waals surface area contributed by atoms with Gasteiger partial charge in [-0.25, -0.2) is 9.48 Å². The van der Waals surface area contributed by atoms with Crippen LogP contribution in [0.5, 0.6) is 5.75 Å². The van der Waals surface area contributed by atoms with E-state index >= 15 is 0 Å². The third-order valence-corrected chi connectivity index (χ3v) is 5.81. The molecule has 1 N–H and O–H groups in total. The largest absolute Gasteiger partial charge is 0.488 e. The number of carbonyl (C=O) groups excluding carboxylic acids is 1. The molecule has 3 aromatic heterocycles. The van der Waals surface area contributed by atoms with E-state index in [9.17, 15) is 9.59 Å². The van der Waals surface area contributed by atoms with E-state index < -0.39 is 11.5 Å². The maximum Gasteiger partial charge on any atom is 0.381 e. The van der Waals surface area contributed by atoms with E-state index in [4.69, 9.17) is 13.9 Å². The normalized spacial score (nSPS) is 16.0. The molecule has 0 saturated carbocycles. The molecule has 1 fully saturated rings. The molecular formula is C19H22N6O5S. The van der Waals surface area contributed by atoms with Gasteiger partial charge in [-0.15, -0.1) is 10.2 Å². The van der Waals surface area contributed by atoms with Crippen molar-refractivity contribution < 1.29 is 18.7 Å². The summed E-state index contributed by atoms with van der Waals surface area (Å²) >= 11 is 1.15. The summed E-state index contributed by atoms with van der Waals surface area (Å²) in [4.78, 5) is 27.2. The van der Waals surface area contributed by atoms with Crippen molar-refractivity contribution >= 4 is 28.1 Å². The number of ether oxygens (including phenoxy) is 2. The van der Waals surface area contributed by atoms with Crippen LogP contribution >= 0.6 is 11.3 Å². The maximum absolute atomic E-state index is 12.8. The lowest BCUT2D eigenvalue weighted by Crippen LogP contribution is -2.25. The van der Waals surface area contributed by atoms with E-state index in [-0.39, 0.29) is 16.6 Å². The molecule has 12 heteroatoms. The molecular weight excluding hydrogens is 424 g/mol. The van der Waals surface area contributed by atoms with Crippen LogP contribution in [0, 0.1) is 12.8 Å². The molecule has 1 amide bonds. The molecule has 1 aliphatic rings. The number of methoxy groups -OCH3 is 2. The molecule has 164 valence electrons. The molecule has 1 aliphatic heterocycles.